The molecule has 0 saturated carbocycles. The number of benzene rings is 1. The van der Waals surface area contributed by atoms with Crippen molar-refractivity contribution < 1.29 is 23.8 Å². The van der Waals surface area contributed by atoms with Crippen molar-refractivity contribution in [3.8, 4) is 11.5 Å². The number of aldehydes is 1. The molecule has 0 heterocycles. The van der Waals surface area contributed by atoms with Crippen molar-refractivity contribution in [3.05, 3.63) is 23.8 Å². The van der Waals surface area contributed by atoms with Crippen LogP contribution < -0.4 is 9.47 Å². The van der Waals surface area contributed by atoms with Gasteiger partial charge in [-0.2, -0.15) is 0 Å². The summed E-state index contributed by atoms with van der Waals surface area (Å²) >= 11 is 0. The van der Waals surface area contributed by atoms with Crippen molar-refractivity contribution in [2.45, 2.75) is 13.0 Å². The molecule has 0 saturated heterocycles. The molecule has 0 bridgehead atoms. The number of methoxy groups -OCH3 is 2. The summed E-state index contributed by atoms with van der Waals surface area (Å²) in [5.74, 6) is 0.0582. The Morgan fingerprint density at radius 3 is 2.53 bits per heavy atom. The van der Waals surface area contributed by atoms with Crippen molar-refractivity contribution >= 4 is 12.3 Å². The second kappa shape index (κ2) is 6.00. The fraction of sp³-hybridized carbons (Fsp3) is 0.333. The van der Waals surface area contributed by atoms with Crippen LogP contribution in [0.4, 0.5) is 0 Å². The summed E-state index contributed by atoms with van der Waals surface area (Å²) in [7, 11) is 2.85. The molecule has 92 valence electrons. The van der Waals surface area contributed by atoms with Crippen LogP contribution in [0.15, 0.2) is 18.2 Å². The normalized spacial score (nSPS) is 11.7. The molecule has 5 nitrogen and oxygen atoms in total. The molecule has 1 aromatic carbocycles. The molecule has 0 aliphatic rings. The molecule has 0 N–H and O–H groups in total. The first-order valence-corrected chi connectivity index (χ1v) is 5.00. The Hall–Kier alpha value is -1.88. The molecule has 1 aromatic rings. The number of ether oxygens (including phenoxy) is 3. The summed E-state index contributed by atoms with van der Waals surface area (Å²) in [6.07, 6.45) is 0.0248. The van der Waals surface area contributed by atoms with Crippen LogP contribution in [-0.4, -0.2) is 32.6 Å². The highest BCUT2D eigenvalue weighted by atomic mass is 16.6. The van der Waals surface area contributed by atoms with Gasteiger partial charge in [-0.1, -0.05) is 0 Å². The molecule has 0 aliphatic heterocycles. The summed E-state index contributed by atoms with van der Waals surface area (Å²) in [4.78, 5) is 22.1. The maximum atomic E-state index is 11.5. The Balaban J connectivity index is 2.90. The first-order chi connectivity index (χ1) is 8.12. The lowest BCUT2D eigenvalue weighted by Crippen LogP contribution is -2.24. The van der Waals surface area contributed by atoms with Gasteiger partial charge in [-0.05, 0) is 25.1 Å². The number of esters is 1. The summed E-state index contributed by atoms with van der Waals surface area (Å²) in [6, 6.07) is 4.53. The van der Waals surface area contributed by atoms with Gasteiger partial charge in [0, 0.05) is 12.7 Å². The van der Waals surface area contributed by atoms with Crippen LogP contribution in [0, 0.1) is 0 Å². The SMILES string of the molecule is COc1cc(C=O)ccc1OC(=O)C(C)OC. The van der Waals surface area contributed by atoms with Crippen LogP contribution in [0.2, 0.25) is 0 Å². The van der Waals surface area contributed by atoms with Gasteiger partial charge in [-0.15, -0.1) is 0 Å². The van der Waals surface area contributed by atoms with Gasteiger partial charge in [0.05, 0.1) is 7.11 Å². The molecular weight excluding hydrogens is 224 g/mol. The largest absolute Gasteiger partial charge is 0.493 e. The minimum Gasteiger partial charge on any atom is -0.493 e. The van der Waals surface area contributed by atoms with Crippen LogP contribution in [-0.2, 0) is 9.53 Å². The quantitative estimate of drug-likeness (QED) is 0.441. The van der Waals surface area contributed by atoms with E-state index in [9.17, 15) is 9.59 Å². The minimum atomic E-state index is -0.662. The molecule has 0 aromatic heterocycles. The Morgan fingerprint density at radius 1 is 1.29 bits per heavy atom. The van der Waals surface area contributed by atoms with Crippen LogP contribution in [0.1, 0.15) is 17.3 Å². The van der Waals surface area contributed by atoms with Crippen LogP contribution in [0.3, 0.4) is 0 Å². The fourth-order valence-corrected chi connectivity index (χ4v) is 1.13. The predicted octanol–water partition coefficient (Wildman–Crippen LogP) is 1.45. The summed E-state index contributed by atoms with van der Waals surface area (Å²) < 4.78 is 14.9. The van der Waals surface area contributed by atoms with Gasteiger partial charge in [-0.3, -0.25) is 4.79 Å². The van der Waals surface area contributed by atoms with Gasteiger partial charge in [0.25, 0.3) is 0 Å². The zero-order valence-corrected chi connectivity index (χ0v) is 9.93. The second-order valence-corrected chi connectivity index (χ2v) is 3.33. The average molecular weight is 238 g/mol. The number of hydrogen-bond acceptors (Lipinski definition) is 5. The molecule has 1 rings (SSSR count). The molecule has 0 fully saturated rings. The second-order valence-electron chi connectivity index (χ2n) is 3.33. The van der Waals surface area contributed by atoms with Gasteiger partial charge in [0.15, 0.2) is 17.6 Å². The molecule has 1 atom stereocenters. The third-order valence-electron chi connectivity index (χ3n) is 2.22. The molecule has 1 unspecified atom stereocenters. The highest BCUT2D eigenvalue weighted by Gasteiger charge is 2.16. The molecule has 5 heteroatoms. The van der Waals surface area contributed by atoms with E-state index in [1.807, 2.05) is 0 Å². The first-order valence-electron chi connectivity index (χ1n) is 5.00. The van der Waals surface area contributed by atoms with Crippen molar-refractivity contribution in [1.82, 2.24) is 0 Å². The lowest BCUT2D eigenvalue weighted by atomic mass is 10.2. The van der Waals surface area contributed by atoms with E-state index in [0.717, 1.165) is 0 Å². The third-order valence-corrected chi connectivity index (χ3v) is 2.22. The van der Waals surface area contributed by atoms with Crippen molar-refractivity contribution in [2.75, 3.05) is 14.2 Å². The van der Waals surface area contributed by atoms with Crippen molar-refractivity contribution in [2.24, 2.45) is 0 Å². The van der Waals surface area contributed by atoms with Gasteiger partial charge in [0.1, 0.15) is 6.29 Å². The van der Waals surface area contributed by atoms with E-state index in [4.69, 9.17) is 14.2 Å². The first kappa shape index (κ1) is 13.2. The van der Waals surface area contributed by atoms with Crippen molar-refractivity contribution in [3.63, 3.8) is 0 Å². The smallest absolute Gasteiger partial charge is 0.340 e. The van der Waals surface area contributed by atoms with Gasteiger partial charge >= 0.3 is 5.97 Å². The van der Waals surface area contributed by atoms with Crippen LogP contribution >= 0.6 is 0 Å². The predicted molar refractivity (Wildman–Crippen MR) is 60.5 cm³/mol. The molecule has 0 amide bonds. The molecule has 17 heavy (non-hydrogen) atoms. The highest BCUT2D eigenvalue weighted by Crippen LogP contribution is 2.27. The average Bonchev–Trinajstić information content (AvgIpc) is 2.37. The minimum absolute atomic E-state index is 0.256. The Labute approximate surface area is 99.3 Å². The van der Waals surface area contributed by atoms with Crippen LogP contribution in [0.25, 0.3) is 0 Å². The molecular formula is C12H14O5. The van der Waals surface area contributed by atoms with Gasteiger partial charge in [-0.25, -0.2) is 4.79 Å². The Morgan fingerprint density at radius 2 is 2.00 bits per heavy atom. The lowest BCUT2D eigenvalue weighted by Gasteiger charge is -2.12. The lowest BCUT2D eigenvalue weighted by molar-refractivity contribution is -0.144. The highest BCUT2D eigenvalue weighted by molar-refractivity contribution is 5.79. The summed E-state index contributed by atoms with van der Waals surface area (Å²) in [6.45, 7) is 1.58. The topological polar surface area (TPSA) is 61.8 Å². The number of carbonyl (C=O) groups excluding carboxylic acids is 2. The van der Waals surface area contributed by atoms with E-state index < -0.39 is 12.1 Å². The zero-order chi connectivity index (χ0) is 12.8. The molecule has 0 radical (unpaired) electrons. The number of hydrogen-bond donors (Lipinski definition) is 0. The van der Waals surface area contributed by atoms with E-state index >= 15 is 0 Å². The Bertz CT molecular complexity index is 413. The van der Waals surface area contributed by atoms with E-state index in [2.05, 4.69) is 0 Å². The number of carbonyl (C=O) groups is 2. The third kappa shape index (κ3) is 3.29. The summed E-state index contributed by atoms with van der Waals surface area (Å²) in [5, 5.41) is 0. The summed E-state index contributed by atoms with van der Waals surface area (Å²) in [5.41, 5.74) is 0.446. The maximum absolute atomic E-state index is 11.5. The molecule has 0 aliphatic carbocycles. The fourth-order valence-electron chi connectivity index (χ4n) is 1.13. The van der Waals surface area contributed by atoms with Gasteiger partial charge < -0.3 is 14.2 Å². The Kier molecular flexibility index (Phi) is 4.66. The van der Waals surface area contributed by atoms with Crippen LogP contribution in [0.5, 0.6) is 11.5 Å². The van der Waals surface area contributed by atoms with Gasteiger partial charge in [0.2, 0.25) is 0 Å². The monoisotopic (exact) mass is 238 g/mol. The van der Waals surface area contributed by atoms with Crippen molar-refractivity contribution in [1.29, 1.82) is 0 Å². The molecule has 0 spiro atoms. The maximum Gasteiger partial charge on any atom is 0.340 e. The van der Waals surface area contributed by atoms with E-state index in [-0.39, 0.29) is 5.75 Å². The standard InChI is InChI=1S/C12H14O5/c1-8(15-2)12(14)17-10-5-4-9(7-13)6-11(10)16-3/h4-8H,1-3H3. The van der Waals surface area contributed by atoms with E-state index in [1.54, 1.807) is 6.92 Å². The van der Waals surface area contributed by atoms with E-state index in [1.165, 1.54) is 32.4 Å². The number of rotatable bonds is 5. The zero-order valence-electron chi connectivity index (χ0n) is 9.93. The van der Waals surface area contributed by atoms with E-state index in [0.29, 0.717) is 17.6 Å².